The second kappa shape index (κ2) is 3.80. The van der Waals surface area contributed by atoms with Gasteiger partial charge in [0.15, 0.2) is 0 Å². The number of hydrogen-bond donors (Lipinski definition) is 2. The van der Waals surface area contributed by atoms with Gasteiger partial charge in [-0.1, -0.05) is 13.0 Å². The van der Waals surface area contributed by atoms with Crippen molar-refractivity contribution in [2.24, 2.45) is 0 Å². The van der Waals surface area contributed by atoms with E-state index in [9.17, 15) is 10.2 Å². The summed E-state index contributed by atoms with van der Waals surface area (Å²) in [7, 11) is 1.93. The summed E-state index contributed by atoms with van der Waals surface area (Å²) in [5.74, 6) is -1.84. The number of piperidine rings is 1. The molecule has 2 aliphatic rings. The average molecular weight is 258 g/mol. The fourth-order valence-electron chi connectivity index (χ4n) is 3.57. The van der Waals surface area contributed by atoms with Crippen molar-refractivity contribution in [3.05, 3.63) is 34.9 Å². The van der Waals surface area contributed by atoms with Gasteiger partial charge in [0, 0.05) is 5.56 Å². The summed E-state index contributed by atoms with van der Waals surface area (Å²) in [4.78, 5) is 2.02. The van der Waals surface area contributed by atoms with Crippen molar-refractivity contribution in [2.75, 3.05) is 13.6 Å². The Kier molecular flexibility index (Phi) is 2.52. The van der Waals surface area contributed by atoms with E-state index in [1.807, 2.05) is 18.0 Å². The highest BCUT2D eigenvalue weighted by Gasteiger charge is 2.53. The predicted molar refractivity (Wildman–Crippen MR) is 70.3 cm³/mol. The molecule has 1 aliphatic heterocycles. The normalized spacial score (nSPS) is 32.5. The molecule has 2 bridgehead atoms. The second-order valence-electron chi connectivity index (χ2n) is 6.11. The largest absolute Gasteiger partial charge is 0.361 e. The molecule has 0 amide bonds. The van der Waals surface area contributed by atoms with Gasteiger partial charge >= 0.3 is 0 Å². The van der Waals surface area contributed by atoms with Gasteiger partial charge in [-0.2, -0.15) is 5.26 Å². The summed E-state index contributed by atoms with van der Waals surface area (Å²) in [5, 5.41) is 30.1. The number of rotatable bonds is 0. The summed E-state index contributed by atoms with van der Waals surface area (Å²) >= 11 is 0. The first kappa shape index (κ1) is 12.6. The first-order valence-electron chi connectivity index (χ1n) is 6.58. The van der Waals surface area contributed by atoms with Crippen molar-refractivity contribution in [1.82, 2.24) is 4.90 Å². The van der Waals surface area contributed by atoms with Crippen LogP contribution in [0.25, 0.3) is 0 Å². The summed E-state index contributed by atoms with van der Waals surface area (Å²) in [6, 6.07) is 7.01. The van der Waals surface area contributed by atoms with Crippen LogP contribution in [0.4, 0.5) is 0 Å². The fraction of sp³-hybridized carbons (Fsp3) is 0.533. The molecule has 4 nitrogen and oxygen atoms in total. The van der Waals surface area contributed by atoms with Crippen LogP contribution < -0.4 is 0 Å². The summed E-state index contributed by atoms with van der Waals surface area (Å²) < 4.78 is 0. The van der Waals surface area contributed by atoms with Crippen molar-refractivity contribution >= 4 is 0 Å². The first-order chi connectivity index (χ1) is 8.88. The Labute approximate surface area is 112 Å². The highest BCUT2D eigenvalue weighted by atomic mass is 16.5. The lowest BCUT2D eigenvalue weighted by Crippen LogP contribution is -2.60. The van der Waals surface area contributed by atoms with Gasteiger partial charge in [0.2, 0.25) is 5.79 Å². The number of nitrogens with zero attached hydrogens (tertiary/aromatic N) is 2. The van der Waals surface area contributed by atoms with Gasteiger partial charge in [0.05, 0.1) is 17.7 Å². The van der Waals surface area contributed by atoms with Crippen LogP contribution in [0.3, 0.4) is 0 Å². The lowest BCUT2D eigenvalue weighted by Gasteiger charge is -2.53. The molecule has 1 saturated heterocycles. The molecule has 1 fully saturated rings. The highest BCUT2D eigenvalue weighted by Crippen LogP contribution is 2.50. The van der Waals surface area contributed by atoms with E-state index in [0.717, 1.165) is 18.5 Å². The summed E-state index contributed by atoms with van der Waals surface area (Å²) in [5.41, 5.74) is 1.97. The Morgan fingerprint density at radius 1 is 1.37 bits per heavy atom. The molecule has 4 heteroatoms. The van der Waals surface area contributed by atoms with E-state index in [1.54, 1.807) is 12.1 Å². The van der Waals surface area contributed by atoms with Crippen molar-refractivity contribution in [2.45, 2.75) is 37.0 Å². The zero-order valence-electron chi connectivity index (χ0n) is 11.2. The van der Waals surface area contributed by atoms with Crippen LogP contribution in [0.5, 0.6) is 0 Å². The topological polar surface area (TPSA) is 67.5 Å². The maximum Gasteiger partial charge on any atom is 0.206 e. The maximum absolute atomic E-state index is 10.5. The molecule has 1 heterocycles. The average Bonchev–Trinajstić information content (AvgIpc) is 2.40. The molecule has 1 aliphatic carbocycles. The minimum absolute atomic E-state index is 0.0751. The standard InChI is InChI=1S/C15H18N2O2/c1-14-5-6-17(2)13(8-14)15(18,19)11-4-3-10(9-16)7-12(11)14/h3-4,7,13,18-19H,5-6,8H2,1-2H3. The summed E-state index contributed by atoms with van der Waals surface area (Å²) in [6.07, 6.45) is 1.68. The molecule has 19 heavy (non-hydrogen) atoms. The van der Waals surface area contributed by atoms with Gasteiger partial charge in [-0.15, -0.1) is 0 Å². The third-order valence-corrected chi connectivity index (χ3v) is 4.85. The number of likely N-dealkylation sites (N-methyl/N-ethyl adjacent to an activating group) is 1. The molecular formula is C15H18N2O2. The van der Waals surface area contributed by atoms with Crippen LogP contribution in [0.15, 0.2) is 18.2 Å². The Balaban J connectivity index is 2.24. The minimum Gasteiger partial charge on any atom is -0.361 e. The molecule has 2 unspecified atom stereocenters. The van der Waals surface area contributed by atoms with E-state index >= 15 is 0 Å². The van der Waals surface area contributed by atoms with Crippen molar-refractivity contribution in [3.8, 4) is 6.07 Å². The third-order valence-electron chi connectivity index (χ3n) is 4.85. The Bertz CT molecular complexity index is 576. The Morgan fingerprint density at radius 3 is 2.79 bits per heavy atom. The van der Waals surface area contributed by atoms with E-state index in [2.05, 4.69) is 13.0 Å². The van der Waals surface area contributed by atoms with Crippen LogP contribution in [0, 0.1) is 11.3 Å². The maximum atomic E-state index is 10.5. The van der Waals surface area contributed by atoms with E-state index < -0.39 is 5.79 Å². The number of likely N-dealkylation sites (tertiary alicyclic amines) is 1. The number of fused-ring (bicyclic) bond motifs is 4. The molecule has 2 atom stereocenters. The lowest BCUT2D eigenvalue weighted by molar-refractivity contribution is -0.232. The zero-order valence-corrected chi connectivity index (χ0v) is 11.2. The van der Waals surface area contributed by atoms with Gasteiger partial charge in [0.25, 0.3) is 0 Å². The smallest absolute Gasteiger partial charge is 0.206 e. The van der Waals surface area contributed by atoms with Crippen LogP contribution >= 0.6 is 0 Å². The minimum atomic E-state index is -1.84. The number of aliphatic hydroxyl groups is 2. The SMILES string of the molecule is CN1CCC2(C)CC1C(O)(O)c1ccc(C#N)cc12. The Hall–Kier alpha value is -1.41. The Morgan fingerprint density at radius 2 is 2.11 bits per heavy atom. The zero-order chi connectivity index (χ0) is 13.8. The van der Waals surface area contributed by atoms with Gasteiger partial charge in [-0.25, -0.2) is 0 Å². The molecular weight excluding hydrogens is 240 g/mol. The predicted octanol–water partition coefficient (Wildman–Crippen LogP) is 1.06. The summed E-state index contributed by atoms with van der Waals surface area (Å²) in [6.45, 7) is 2.99. The number of nitriles is 1. The van der Waals surface area contributed by atoms with E-state index in [1.165, 1.54) is 0 Å². The fourth-order valence-corrected chi connectivity index (χ4v) is 3.57. The van der Waals surface area contributed by atoms with Crippen LogP contribution in [0.1, 0.15) is 36.5 Å². The molecule has 1 aromatic rings. The molecule has 0 radical (unpaired) electrons. The second-order valence-corrected chi connectivity index (χ2v) is 6.11. The van der Waals surface area contributed by atoms with Crippen molar-refractivity contribution < 1.29 is 10.2 Å². The first-order valence-corrected chi connectivity index (χ1v) is 6.58. The van der Waals surface area contributed by atoms with Crippen LogP contribution in [-0.2, 0) is 11.2 Å². The third kappa shape index (κ3) is 1.63. The van der Waals surface area contributed by atoms with Crippen LogP contribution in [-0.4, -0.2) is 34.7 Å². The van der Waals surface area contributed by atoms with E-state index in [-0.39, 0.29) is 11.5 Å². The number of benzene rings is 1. The molecule has 1 aromatic carbocycles. The monoisotopic (exact) mass is 258 g/mol. The molecule has 0 saturated carbocycles. The number of hydrogen-bond acceptors (Lipinski definition) is 4. The molecule has 0 aromatic heterocycles. The van der Waals surface area contributed by atoms with Gasteiger partial charge < -0.3 is 10.2 Å². The molecule has 2 N–H and O–H groups in total. The quantitative estimate of drug-likeness (QED) is 0.683. The molecule has 0 spiro atoms. The van der Waals surface area contributed by atoms with Crippen molar-refractivity contribution in [3.63, 3.8) is 0 Å². The lowest BCUT2D eigenvalue weighted by atomic mass is 9.63. The van der Waals surface area contributed by atoms with Gasteiger partial charge in [-0.3, -0.25) is 4.90 Å². The molecule has 100 valence electrons. The van der Waals surface area contributed by atoms with E-state index in [4.69, 9.17) is 5.26 Å². The molecule has 3 rings (SSSR count). The van der Waals surface area contributed by atoms with Crippen LogP contribution in [0.2, 0.25) is 0 Å². The van der Waals surface area contributed by atoms with Crippen molar-refractivity contribution in [1.29, 1.82) is 5.26 Å². The highest BCUT2D eigenvalue weighted by molar-refractivity contribution is 5.47. The van der Waals surface area contributed by atoms with Gasteiger partial charge in [-0.05, 0) is 49.5 Å². The van der Waals surface area contributed by atoms with E-state index in [0.29, 0.717) is 17.5 Å². The van der Waals surface area contributed by atoms with Gasteiger partial charge in [0.1, 0.15) is 0 Å².